The summed E-state index contributed by atoms with van der Waals surface area (Å²) in [5.41, 5.74) is 2.06. The molecular formula is C24H18Cl2N2O3S. The monoisotopic (exact) mass is 484 g/mol. The van der Waals surface area contributed by atoms with Gasteiger partial charge >= 0.3 is 0 Å². The second-order valence-electron chi connectivity index (χ2n) is 6.76. The van der Waals surface area contributed by atoms with Gasteiger partial charge in [0.2, 0.25) is 0 Å². The number of carbonyl (C=O) groups excluding carboxylic acids is 1. The van der Waals surface area contributed by atoms with Gasteiger partial charge in [0.15, 0.2) is 16.7 Å². The number of amides is 1. The number of nitrogens with zero attached hydrogens (tertiary/aromatic N) is 2. The first kappa shape index (κ1) is 22.3. The first-order valence-corrected chi connectivity index (χ1v) is 11.3. The minimum atomic E-state index is -0.212. The highest BCUT2D eigenvalue weighted by atomic mass is 35.5. The molecule has 32 heavy (non-hydrogen) atoms. The molecule has 0 bridgehead atoms. The van der Waals surface area contributed by atoms with E-state index in [4.69, 9.17) is 27.9 Å². The molecule has 1 aliphatic rings. The van der Waals surface area contributed by atoms with Crippen molar-refractivity contribution >= 4 is 63.5 Å². The number of aliphatic imine (C=N–C) groups is 1. The number of anilines is 1. The highest BCUT2D eigenvalue weighted by Crippen LogP contribution is 2.38. The molecule has 8 heteroatoms. The van der Waals surface area contributed by atoms with E-state index in [0.717, 1.165) is 5.56 Å². The average molecular weight is 485 g/mol. The Balaban J connectivity index is 1.75. The van der Waals surface area contributed by atoms with Crippen molar-refractivity contribution < 1.29 is 14.6 Å². The molecule has 0 aliphatic carbocycles. The van der Waals surface area contributed by atoms with Crippen molar-refractivity contribution in [3.05, 3.63) is 87.2 Å². The van der Waals surface area contributed by atoms with Crippen molar-refractivity contribution in [3.8, 4) is 11.5 Å². The normalized spacial score (nSPS) is 16.2. The maximum atomic E-state index is 13.3. The van der Waals surface area contributed by atoms with Gasteiger partial charge in [-0.05, 0) is 91.0 Å². The number of ether oxygens (including phenoxy) is 1. The van der Waals surface area contributed by atoms with Crippen molar-refractivity contribution in [2.75, 3.05) is 11.5 Å². The molecule has 1 amide bonds. The van der Waals surface area contributed by atoms with Gasteiger partial charge in [0, 0.05) is 10.0 Å². The van der Waals surface area contributed by atoms with Crippen molar-refractivity contribution in [2.45, 2.75) is 6.92 Å². The molecule has 0 spiro atoms. The van der Waals surface area contributed by atoms with Gasteiger partial charge in [-0.15, -0.1) is 0 Å². The molecule has 3 aromatic carbocycles. The Bertz CT molecular complexity index is 1210. The molecule has 4 rings (SSSR count). The Hall–Kier alpha value is -2.93. The minimum Gasteiger partial charge on any atom is -0.504 e. The van der Waals surface area contributed by atoms with E-state index < -0.39 is 0 Å². The Kier molecular flexibility index (Phi) is 6.74. The molecule has 1 N–H and O–H groups in total. The highest BCUT2D eigenvalue weighted by Gasteiger charge is 2.34. The largest absolute Gasteiger partial charge is 0.504 e. The molecule has 0 saturated carbocycles. The van der Waals surface area contributed by atoms with E-state index in [9.17, 15) is 9.90 Å². The Morgan fingerprint density at radius 1 is 1.03 bits per heavy atom. The highest BCUT2D eigenvalue weighted by molar-refractivity contribution is 8.19. The van der Waals surface area contributed by atoms with E-state index >= 15 is 0 Å². The van der Waals surface area contributed by atoms with E-state index in [1.807, 2.05) is 6.92 Å². The number of halogens is 2. The summed E-state index contributed by atoms with van der Waals surface area (Å²) in [6.07, 6.45) is 1.75. The van der Waals surface area contributed by atoms with Crippen LogP contribution in [-0.2, 0) is 4.79 Å². The zero-order valence-electron chi connectivity index (χ0n) is 17.0. The average Bonchev–Trinajstić information content (AvgIpc) is 3.07. The van der Waals surface area contributed by atoms with Crippen LogP contribution in [0.15, 0.2) is 76.6 Å². The fourth-order valence-corrected chi connectivity index (χ4v) is 4.29. The maximum Gasteiger partial charge on any atom is 0.271 e. The molecule has 1 aliphatic heterocycles. The lowest BCUT2D eigenvalue weighted by Crippen LogP contribution is -2.28. The number of carbonyl (C=O) groups is 1. The van der Waals surface area contributed by atoms with Crippen molar-refractivity contribution in [2.24, 2.45) is 4.99 Å². The zero-order valence-corrected chi connectivity index (χ0v) is 19.3. The smallest absolute Gasteiger partial charge is 0.271 e. The summed E-state index contributed by atoms with van der Waals surface area (Å²) in [5.74, 6) is 0.199. The van der Waals surface area contributed by atoms with Gasteiger partial charge < -0.3 is 9.84 Å². The van der Waals surface area contributed by atoms with E-state index in [1.165, 1.54) is 11.8 Å². The van der Waals surface area contributed by atoms with Crippen LogP contribution in [-0.4, -0.2) is 22.8 Å². The van der Waals surface area contributed by atoms with E-state index in [-0.39, 0.29) is 11.7 Å². The third kappa shape index (κ3) is 4.93. The molecule has 0 radical (unpaired) electrons. The minimum absolute atomic E-state index is 0.0483. The number of hydrogen-bond acceptors (Lipinski definition) is 5. The molecule has 162 valence electrons. The third-order valence-corrected chi connectivity index (χ3v) is 6.00. The molecule has 0 unspecified atom stereocenters. The van der Waals surface area contributed by atoms with Gasteiger partial charge in [0.1, 0.15) is 0 Å². The summed E-state index contributed by atoms with van der Waals surface area (Å²) in [4.78, 5) is 20.1. The molecule has 3 aromatic rings. The maximum absolute atomic E-state index is 13.3. The Labute approximate surface area is 199 Å². The Morgan fingerprint density at radius 2 is 1.69 bits per heavy atom. The van der Waals surface area contributed by atoms with Crippen LogP contribution in [0.3, 0.4) is 0 Å². The van der Waals surface area contributed by atoms with Crippen LogP contribution in [0.2, 0.25) is 10.0 Å². The molecule has 1 saturated heterocycles. The molecule has 5 nitrogen and oxygen atoms in total. The zero-order chi connectivity index (χ0) is 22.7. The number of phenolic OH excluding ortho intramolecular Hbond substituents is 1. The van der Waals surface area contributed by atoms with Crippen LogP contribution < -0.4 is 9.64 Å². The molecule has 0 aromatic heterocycles. The summed E-state index contributed by atoms with van der Waals surface area (Å²) in [7, 11) is 0. The van der Waals surface area contributed by atoms with Gasteiger partial charge in [0.05, 0.1) is 22.9 Å². The number of amidine groups is 1. The van der Waals surface area contributed by atoms with E-state index in [1.54, 1.807) is 77.7 Å². The van der Waals surface area contributed by atoms with Gasteiger partial charge in [0.25, 0.3) is 5.91 Å². The van der Waals surface area contributed by atoms with Crippen LogP contribution >= 0.6 is 35.0 Å². The topological polar surface area (TPSA) is 62.1 Å². The molecule has 0 atom stereocenters. The summed E-state index contributed by atoms with van der Waals surface area (Å²) in [6.45, 7) is 2.26. The standard InChI is InChI=1S/C24H18Cl2N2O3S/c1-2-31-21-13-15(3-12-20(21)29)14-22-23(30)28(19-10-6-17(26)7-11-19)24(32-22)27-18-8-4-16(25)5-9-18/h3-14,29H,2H2,1H3/b22-14-,27-24?. The lowest BCUT2D eigenvalue weighted by molar-refractivity contribution is -0.113. The fourth-order valence-electron chi connectivity index (χ4n) is 3.04. The lowest BCUT2D eigenvalue weighted by atomic mass is 10.2. The van der Waals surface area contributed by atoms with Crippen LogP contribution in [0, 0.1) is 0 Å². The number of benzene rings is 3. The summed E-state index contributed by atoms with van der Waals surface area (Å²) >= 11 is 13.3. The quantitative estimate of drug-likeness (QED) is 0.399. The van der Waals surface area contributed by atoms with Gasteiger partial charge in [-0.1, -0.05) is 29.3 Å². The first-order chi connectivity index (χ1) is 15.4. The van der Waals surface area contributed by atoms with Gasteiger partial charge in [-0.2, -0.15) is 0 Å². The van der Waals surface area contributed by atoms with Crippen molar-refractivity contribution in [1.82, 2.24) is 0 Å². The molecule has 1 fully saturated rings. The Morgan fingerprint density at radius 3 is 2.34 bits per heavy atom. The second kappa shape index (κ2) is 9.69. The van der Waals surface area contributed by atoms with Crippen LogP contribution in [0.5, 0.6) is 11.5 Å². The van der Waals surface area contributed by atoms with Crippen molar-refractivity contribution in [1.29, 1.82) is 0 Å². The number of rotatable bonds is 5. The fraction of sp³-hybridized carbons (Fsp3) is 0.0833. The third-order valence-electron chi connectivity index (χ3n) is 4.52. The molecule has 1 heterocycles. The predicted octanol–water partition coefficient (Wildman–Crippen LogP) is 6.91. The number of phenols is 1. The van der Waals surface area contributed by atoms with Crippen molar-refractivity contribution in [3.63, 3.8) is 0 Å². The predicted molar refractivity (Wildman–Crippen MR) is 132 cm³/mol. The number of hydrogen-bond donors (Lipinski definition) is 1. The van der Waals surface area contributed by atoms with Gasteiger partial charge in [-0.3, -0.25) is 9.69 Å². The van der Waals surface area contributed by atoms with E-state index in [0.29, 0.717) is 43.8 Å². The van der Waals surface area contributed by atoms with Crippen LogP contribution in [0.4, 0.5) is 11.4 Å². The summed E-state index contributed by atoms with van der Waals surface area (Å²) < 4.78 is 5.45. The van der Waals surface area contributed by atoms with Gasteiger partial charge in [-0.25, -0.2) is 4.99 Å². The summed E-state index contributed by atoms with van der Waals surface area (Å²) in [6, 6.07) is 19.0. The number of aromatic hydroxyl groups is 1. The molecular weight excluding hydrogens is 467 g/mol. The second-order valence-corrected chi connectivity index (χ2v) is 8.64. The first-order valence-electron chi connectivity index (χ1n) is 9.74. The van der Waals surface area contributed by atoms with E-state index in [2.05, 4.69) is 4.99 Å². The van der Waals surface area contributed by atoms with Crippen LogP contribution in [0.1, 0.15) is 12.5 Å². The summed E-state index contributed by atoms with van der Waals surface area (Å²) in [5, 5.41) is 11.6. The van der Waals surface area contributed by atoms with Crippen LogP contribution in [0.25, 0.3) is 6.08 Å². The lowest BCUT2D eigenvalue weighted by Gasteiger charge is -2.15. The number of thioether (sulfide) groups is 1. The SMILES string of the molecule is CCOc1cc(/C=C2\SC(=Nc3ccc(Cl)cc3)N(c3ccc(Cl)cc3)C2=O)ccc1O.